The summed E-state index contributed by atoms with van der Waals surface area (Å²) in [5.41, 5.74) is 16.6. The second kappa shape index (κ2) is 21.6. The first kappa shape index (κ1) is 40.9. The van der Waals surface area contributed by atoms with E-state index >= 15 is 0 Å². The second-order valence-corrected chi connectivity index (χ2v) is 11.4. The van der Waals surface area contributed by atoms with E-state index in [4.69, 9.17) is 27.4 Å². The van der Waals surface area contributed by atoms with Crippen molar-refractivity contribution in [1.82, 2.24) is 21.3 Å². The first-order valence-electron chi connectivity index (χ1n) is 14.2. The quantitative estimate of drug-likeness (QED) is 0.0308. The van der Waals surface area contributed by atoms with Gasteiger partial charge in [-0.2, -0.15) is 11.8 Å². The van der Waals surface area contributed by atoms with E-state index < -0.39 is 96.9 Å². The van der Waals surface area contributed by atoms with Crippen molar-refractivity contribution in [2.24, 2.45) is 28.1 Å². The van der Waals surface area contributed by atoms with Crippen LogP contribution in [0.1, 0.15) is 58.8 Å². The van der Waals surface area contributed by atoms with Crippen molar-refractivity contribution in [2.75, 3.05) is 18.6 Å². The fourth-order valence-corrected chi connectivity index (χ4v) is 4.30. The fraction of sp³-hybridized carbons (Fsp3) is 0.692. The maximum Gasteiger partial charge on any atom is 0.326 e. The van der Waals surface area contributed by atoms with Crippen LogP contribution < -0.4 is 38.5 Å². The highest BCUT2D eigenvalue weighted by Crippen LogP contribution is 2.09. The van der Waals surface area contributed by atoms with Crippen molar-refractivity contribution in [2.45, 2.75) is 89.0 Å². The van der Waals surface area contributed by atoms with Gasteiger partial charge in [0.15, 0.2) is 5.96 Å². The summed E-state index contributed by atoms with van der Waals surface area (Å²) in [5, 5.41) is 37.1. The smallest absolute Gasteiger partial charge is 0.326 e. The molecule has 19 heteroatoms. The van der Waals surface area contributed by atoms with Gasteiger partial charge in [0.05, 0.1) is 6.04 Å². The Hall–Kier alpha value is -4.13. The normalized spacial score (nSPS) is 14.2. The third-order valence-electron chi connectivity index (χ3n) is 6.34. The lowest BCUT2D eigenvalue weighted by Crippen LogP contribution is -2.59. The molecule has 0 aliphatic rings. The Bertz CT molecular complexity index is 1070. The first-order chi connectivity index (χ1) is 21.0. The van der Waals surface area contributed by atoms with Gasteiger partial charge < -0.3 is 53.8 Å². The number of carboxylic acids is 3. The van der Waals surface area contributed by atoms with Gasteiger partial charge in [-0.3, -0.25) is 33.8 Å². The monoisotopic (exact) mass is 662 g/mol. The SMILES string of the molecule is CSCCC(N)C(=O)NC(CCC(=O)O)C(=O)NC(CCCN=C(N)N)C(=O)NC(C(=O)NC(CCC(=O)O)C(=O)O)C(C)C. The molecule has 4 amide bonds. The van der Waals surface area contributed by atoms with Crippen molar-refractivity contribution in [1.29, 1.82) is 0 Å². The Balaban J connectivity index is 6.00. The summed E-state index contributed by atoms with van der Waals surface area (Å²) in [6, 6.07) is -6.48. The summed E-state index contributed by atoms with van der Waals surface area (Å²) in [6.45, 7) is 3.21. The van der Waals surface area contributed by atoms with E-state index in [0.29, 0.717) is 12.2 Å². The molecule has 0 fully saturated rings. The number of nitrogens with zero attached hydrogens (tertiary/aromatic N) is 1. The second-order valence-electron chi connectivity index (χ2n) is 10.5. The third-order valence-corrected chi connectivity index (χ3v) is 6.98. The molecule has 0 bridgehead atoms. The lowest BCUT2D eigenvalue weighted by Gasteiger charge is -2.27. The van der Waals surface area contributed by atoms with Crippen molar-refractivity contribution in [3.05, 3.63) is 0 Å². The average Bonchev–Trinajstić information content (AvgIpc) is 2.94. The minimum absolute atomic E-state index is 0.0516. The zero-order valence-corrected chi connectivity index (χ0v) is 26.4. The molecule has 0 aliphatic carbocycles. The van der Waals surface area contributed by atoms with Gasteiger partial charge in [0.2, 0.25) is 23.6 Å². The number of aliphatic imine (C=N–C) groups is 1. The van der Waals surface area contributed by atoms with Gasteiger partial charge in [0.1, 0.15) is 24.2 Å². The molecule has 18 nitrogen and oxygen atoms in total. The van der Waals surface area contributed by atoms with Gasteiger partial charge >= 0.3 is 17.9 Å². The molecule has 5 atom stereocenters. The molecule has 13 N–H and O–H groups in total. The highest BCUT2D eigenvalue weighted by atomic mass is 32.2. The molecule has 0 saturated carbocycles. The van der Waals surface area contributed by atoms with Crippen LogP contribution in [-0.4, -0.2) is 112 Å². The number of hydrogen-bond donors (Lipinski definition) is 10. The van der Waals surface area contributed by atoms with Crippen molar-refractivity contribution in [3.8, 4) is 0 Å². The van der Waals surface area contributed by atoms with Gasteiger partial charge in [-0.05, 0) is 50.0 Å². The molecular weight excluding hydrogens is 616 g/mol. The van der Waals surface area contributed by atoms with E-state index in [2.05, 4.69) is 26.3 Å². The zero-order chi connectivity index (χ0) is 34.7. The first-order valence-corrected chi connectivity index (χ1v) is 15.6. The van der Waals surface area contributed by atoms with Crippen LogP contribution in [0, 0.1) is 5.92 Å². The number of carbonyl (C=O) groups excluding carboxylic acids is 4. The average molecular weight is 663 g/mol. The number of rotatable bonds is 23. The predicted octanol–water partition coefficient (Wildman–Crippen LogP) is -2.47. The Labute approximate surface area is 265 Å². The molecule has 0 spiro atoms. The molecule has 45 heavy (non-hydrogen) atoms. The van der Waals surface area contributed by atoms with E-state index in [1.165, 1.54) is 11.8 Å². The minimum atomic E-state index is -1.54. The van der Waals surface area contributed by atoms with Gasteiger partial charge in [-0.25, -0.2) is 4.79 Å². The molecule has 0 aromatic heterocycles. The Morgan fingerprint density at radius 2 is 1.20 bits per heavy atom. The van der Waals surface area contributed by atoms with Crippen molar-refractivity contribution < 1.29 is 48.9 Å². The van der Waals surface area contributed by atoms with E-state index in [1.807, 2.05) is 6.26 Å². The van der Waals surface area contributed by atoms with Gasteiger partial charge in [0, 0.05) is 19.4 Å². The zero-order valence-electron chi connectivity index (χ0n) is 25.6. The standard InChI is InChI=1S/C26H46N8O10S/c1-13(2)20(24(42)33-17(25(43)44)7-9-19(37)38)34-23(41)15(5-4-11-30-26(28)29)32-22(40)16(6-8-18(35)36)31-21(39)14(27)10-12-45-3/h13-17,20H,4-12,27H2,1-3H3,(H,31,39)(H,32,40)(H,33,42)(H,34,41)(H,35,36)(H,37,38)(H,43,44)(H4,28,29,30). The number of nitrogens with two attached hydrogens (primary N) is 3. The molecule has 0 saturated heterocycles. The van der Waals surface area contributed by atoms with Crippen LogP contribution in [0.2, 0.25) is 0 Å². The van der Waals surface area contributed by atoms with Gasteiger partial charge in [-0.15, -0.1) is 0 Å². The van der Waals surface area contributed by atoms with E-state index in [1.54, 1.807) is 13.8 Å². The number of thioether (sulfide) groups is 1. The maximum absolute atomic E-state index is 13.4. The van der Waals surface area contributed by atoms with Crippen LogP contribution in [0.15, 0.2) is 4.99 Å². The molecule has 256 valence electrons. The lowest BCUT2D eigenvalue weighted by molar-refractivity contribution is -0.144. The number of carbonyl (C=O) groups is 7. The summed E-state index contributed by atoms with van der Waals surface area (Å²) in [5.74, 6) is -7.48. The molecule has 0 radical (unpaired) electrons. The number of amides is 4. The fourth-order valence-electron chi connectivity index (χ4n) is 3.81. The molecular formula is C26H46N8O10S. The molecule has 0 heterocycles. The van der Waals surface area contributed by atoms with Crippen LogP contribution >= 0.6 is 11.8 Å². The summed E-state index contributed by atoms with van der Waals surface area (Å²) in [7, 11) is 0. The van der Waals surface area contributed by atoms with Crippen LogP contribution in [0.3, 0.4) is 0 Å². The van der Waals surface area contributed by atoms with Crippen molar-refractivity contribution in [3.63, 3.8) is 0 Å². The Morgan fingerprint density at radius 1 is 0.711 bits per heavy atom. The number of aliphatic carboxylic acids is 3. The topological polar surface area (TPSA) is 319 Å². The summed E-state index contributed by atoms with van der Waals surface area (Å²) >= 11 is 1.46. The Kier molecular flexibility index (Phi) is 19.6. The van der Waals surface area contributed by atoms with Crippen molar-refractivity contribution >= 4 is 59.3 Å². The predicted molar refractivity (Wildman–Crippen MR) is 165 cm³/mol. The minimum Gasteiger partial charge on any atom is -0.481 e. The van der Waals surface area contributed by atoms with Gasteiger partial charge in [-0.1, -0.05) is 13.8 Å². The van der Waals surface area contributed by atoms with Crippen LogP contribution in [0.25, 0.3) is 0 Å². The number of carboxylic acid groups (broad SMARTS) is 3. The van der Waals surface area contributed by atoms with E-state index in [9.17, 15) is 38.7 Å². The van der Waals surface area contributed by atoms with Crippen LogP contribution in [0.5, 0.6) is 0 Å². The molecule has 0 aliphatic heterocycles. The van der Waals surface area contributed by atoms with Crippen LogP contribution in [0.4, 0.5) is 0 Å². The number of nitrogens with one attached hydrogen (secondary N) is 4. The maximum atomic E-state index is 13.4. The summed E-state index contributed by atoms with van der Waals surface area (Å²) in [4.78, 5) is 89.8. The number of guanidine groups is 1. The molecule has 0 aromatic rings. The van der Waals surface area contributed by atoms with E-state index in [-0.39, 0.29) is 31.8 Å². The highest BCUT2D eigenvalue weighted by Gasteiger charge is 2.33. The van der Waals surface area contributed by atoms with E-state index in [0.717, 1.165) is 0 Å². The third kappa shape index (κ3) is 17.7. The lowest BCUT2D eigenvalue weighted by atomic mass is 10.0. The molecule has 5 unspecified atom stereocenters. The molecule has 0 aromatic carbocycles. The molecule has 0 rings (SSSR count). The van der Waals surface area contributed by atoms with Gasteiger partial charge in [0.25, 0.3) is 0 Å². The largest absolute Gasteiger partial charge is 0.481 e. The van der Waals surface area contributed by atoms with Crippen LogP contribution in [-0.2, 0) is 33.6 Å². The summed E-state index contributed by atoms with van der Waals surface area (Å²) < 4.78 is 0. The number of hydrogen-bond acceptors (Lipinski definition) is 10. The Morgan fingerprint density at radius 3 is 1.69 bits per heavy atom. The summed E-state index contributed by atoms with van der Waals surface area (Å²) in [6.07, 6.45) is 0.527. The highest BCUT2D eigenvalue weighted by molar-refractivity contribution is 7.98.